The number of rotatable bonds is 10. The van der Waals surface area contributed by atoms with Crippen molar-refractivity contribution in [1.29, 1.82) is 0 Å². The minimum Gasteiger partial charge on any atom is -0.354 e. The molecule has 0 spiro atoms. The fourth-order valence-electron chi connectivity index (χ4n) is 3.02. The van der Waals surface area contributed by atoms with E-state index in [1.807, 2.05) is 39.0 Å². The van der Waals surface area contributed by atoms with Gasteiger partial charge in [0, 0.05) is 30.2 Å². The van der Waals surface area contributed by atoms with Gasteiger partial charge in [0.25, 0.3) is 0 Å². The average Bonchev–Trinajstić information content (AvgIpc) is 2.71. The standard InChI is InChI=1S/C24H32N2O2S/c1-5-14-25-24(28)20(4)26(17-21-8-6-7-19(3)16-21)23(27)13-15-29-22-11-9-18(2)10-12-22/h6-12,16,20H,5,13-15,17H2,1-4H3,(H,25,28)/t20-/m1/s1. The van der Waals surface area contributed by atoms with Gasteiger partial charge in [0.05, 0.1) is 0 Å². The second-order valence-electron chi connectivity index (χ2n) is 7.39. The summed E-state index contributed by atoms with van der Waals surface area (Å²) < 4.78 is 0. The van der Waals surface area contributed by atoms with Gasteiger partial charge in [0.1, 0.15) is 6.04 Å². The van der Waals surface area contributed by atoms with E-state index in [0.717, 1.165) is 22.4 Å². The summed E-state index contributed by atoms with van der Waals surface area (Å²) in [4.78, 5) is 28.4. The van der Waals surface area contributed by atoms with Crippen molar-refractivity contribution in [2.75, 3.05) is 12.3 Å². The quantitative estimate of drug-likeness (QED) is 0.574. The molecule has 29 heavy (non-hydrogen) atoms. The van der Waals surface area contributed by atoms with E-state index in [-0.39, 0.29) is 11.8 Å². The second-order valence-corrected chi connectivity index (χ2v) is 8.56. The number of hydrogen-bond acceptors (Lipinski definition) is 3. The molecule has 2 rings (SSSR count). The number of nitrogens with zero attached hydrogens (tertiary/aromatic N) is 1. The first-order valence-electron chi connectivity index (χ1n) is 10.2. The minimum absolute atomic E-state index is 0.00488. The van der Waals surface area contributed by atoms with Crippen LogP contribution in [0.3, 0.4) is 0 Å². The lowest BCUT2D eigenvalue weighted by atomic mass is 10.1. The highest BCUT2D eigenvalue weighted by molar-refractivity contribution is 7.99. The van der Waals surface area contributed by atoms with Crippen LogP contribution in [0.1, 0.15) is 43.4 Å². The molecule has 156 valence electrons. The largest absolute Gasteiger partial charge is 0.354 e. The van der Waals surface area contributed by atoms with Gasteiger partial charge in [0.2, 0.25) is 11.8 Å². The Bertz CT molecular complexity index is 805. The smallest absolute Gasteiger partial charge is 0.242 e. The number of amides is 2. The number of benzene rings is 2. The van der Waals surface area contributed by atoms with Crippen LogP contribution in [0.4, 0.5) is 0 Å². The maximum atomic E-state index is 13.0. The van der Waals surface area contributed by atoms with E-state index in [4.69, 9.17) is 0 Å². The van der Waals surface area contributed by atoms with Gasteiger partial charge >= 0.3 is 0 Å². The van der Waals surface area contributed by atoms with Crippen molar-refractivity contribution in [2.24, 2.45) is 0 Å². The van der Waals surface area contributed by atoms with Crippen LogP contribution in [0.15, 0.2) is 53.4 Å². The Kier molecular flexibility index (Phi) is 9.26. The monoisotopic (exact) mass is 412 g/mol. The van der Waals surface area contributed by atoms with Crippen LogP contribution >= 0.6 is 11.8 Å². The number of nitrogens with one attached hydrogen (secondary N) is 1. The highest BCUT2D eigenvalue weighted by Gasteiger charge is 2.25. The van der Waals surface area contributed by atoms with Crippen LogP contribution in [-0.2, 0) is 16.1 Å². The molecule has 0 bridgehead atoms. The Balaban J connectivity index is 2.04. The Morgan fingerprint density at radius 3 is 2.45 bits per heavy atom. The van der Waals surface area contributed by atoms with Crippen LogP contribution in [0.2, 0.25) is 0 Å². The molecule has 5 heteroatoms. The molecular formula is C24H32N2O2S. The summed E-state index contributed by atoms with van der Waals surface area (Å²) in [5, 5.41) is 2.91. The summed E-state index contributed by atoms with van der Waals surface area (Å²) in [6.45, 7) is 8.99. The fraction of sp³-hybridized carbons (Fsp3) is 0.417. The Morgan fingerprint density at radius 1 is 1.07 bits per heavy atom. The normalized spacial score (nSPS) is 11.7. The molecule has 0 saturated heterocycles. The zero-order valence-corrected chi connectivity index (χ0v) is 18.7. The number of hydrogen-bond donors (Lipinski definition) is 1. The molecule has 1 N–H and O–H groups in total. The molecule has 0 saturated carbocycles. The Morgan fingerprint density at radius 2 is 1.79 bits per heavy atom. The van der Waals surface area contributed by atoms with Gasteiger partial charge in [-0.25, -0.2) is 0 Å². The SMILES string of the molecule is CCCNC(=O)[C@@H](C)N(Cc1cccc(C)c1)C(=O)CCSc1ccc(C)cc1. The predicted octanol–water partition coefficient (Wildman–Crippen LogP) is 4.73. The third kappa shape index (κ3) is 7.58. The molecule has 0 radical (unpaired) electrons. The minimum atomic E-state index is -0.501. The molecule has 0 aromatic heterocycles. The van der Waals surface area contributed by atoms with Crippen molar-refractivity contribution in [3.05, 3.63) is 65.2 Å². The molecule has 4 nitrogen and oxygen atoms in total. The molecule has 0 heterocycles. The molecule has 2 amide bonds. The van der Waals surface area contributed by atoms with E-state index < -0.39 is 6.04 Å². The highest BCUT2D eigenvalue weighted by Crippen LogP contribution is 2.20. The van der Waals surface area contributed by atoms with Gasteiger partial charge in [-0.1, -0.05) is 54.4 Å². The third-order valence-electron chi connectivity index (χ3n) is 4.76. The van der Waals surface area contributed by atoms with Crippen molar-refractivity contribution in [3.8, 4) is 0 Å². The lowest BCUT2D eigenvalue weighted by Crippen LogP contribution is -2.47. The van der Waals surface area contributed by atoms with Gasteiger partial charge in [0.15, 0.2) is 0 Å². The van der Waals surface area contributed by atoms with Crippen LogP contribution in [-0.4, -0.2) is 35.1 Å². The summed E-state index contributed by atoms with van der Waals surface area (Å²) >= 11 is 1.67. The van der Waals surface area contributed by atoms with E-state index in [9.17, 15) is 9.59 Å². The van der Waals surface area contributed by atoms with E-state index >= 15 is 0 Å². The number of thioether (sulfide) groups is 1. The van der Waals surface area contributed by atoms with Crippen LogP contribution in [0.25, 0.3) is 0 Å². The summed E-state index contributed by atoms with van der Waals surface area (Å²) in [5.74, 6) is 0.597. The van der Waals surface area contributed by atoms with Crippen molar-refractivity contribution in [2.45, 2.75) is 58.0 Å². The van der Waals surface area contributed by atoms with Gasteiger partial charge in [-0.3, -0.25) is 9.59 Å². The Labute approximate surface area is 179 Å². The van der Waals surface area contributed by atoms with Gasteiger partial charge in [-0.05, 0) is 44.9 Å². The lowest BCUT2D eigenvalue weighted by Gasteiger charge is -2.29. The van der Waals surface area contributed by atoms with Crippen molar-refractivity contribution < 1.29 is 9.59 Å². The molecule has 2 aromatic carbocycles. The van der Waals surface area contributed by atoms with Crippen LogP contribution < -0.4 is 5.32 Å². The van der Waals surface area contributed by atoms with Gasteiger partial charge < -0.3 is 10.2 Å². The predicted molar refractivity (Wildman–Crippen MR) is 121 cm³/mol. The summed E-state index contributed by atoms with van der Waals surface area (Å²) in [6.07, 6.45) is 1.27. The van der Waals surface area contributed by atoms with Crippen LogP contribution in [0.5, 0.6) is 0 Å². The number of carbonyl (C=O) groups excluding carboxylic acids is 2. The first-order valence-corrected chi connectivity index (χ1v) is 11.2. The lowest BCUT2D eigenvalue weighted by molar-refractivity contribution is -0.140. The summed E-state index contributed by atoms with van der Waals surface area (Å²) in [5.41, 5.74) is 3.41. The van der Waals surface area contributed by atoms with Crippen molar-refractivity contribution >= 4 is 23.6 Å². The molecule has 2 aromatic rings. The fourth-order valence-corrected chi connectivity index (χ4v) is 3.86. The van der Waals surface area contributed by atoms with Crippen LogP contribution in [0, 0.1) is 13.8 Å². The van der Waals surface area contributed by atoms with Crippen molar-refractivity contribution in [1.82, 2.24) is 10.2 Å². The molecular weight excluding hydrogens is 380 g/mol. The highest BCUT2D eigenvalue weighted by atomic mass is 32.2. The van der Waals surface area contributed by atoms with Gasteiger partial charge in [-0.15, -0.1) is 11.8 Å². The first kappa shape index (κ1) is 23.0. The molecule has 0 aliphatic heterocycles. The maximum absolute atomic E-state index is 13.0. The molecule has 1 atom stereocenters. The maximum Gasteiger partial charge on any atom is 0.242 e. The van der Waals surface area contributed by atoms with E-state index in [1.54, 1.807) is 16.7 Å². The second kappa shape index (κ2) is 11.7. The molecule has 0 aliphatic rings. The van der Waals surface area contributed by atoms with E-state index in [2.05, 4.69) is 42.6 Å². The zero-order valence-electron chi connectivity index (χ0n) is 17.9. The molecule has 0 fully saturated rings. The molecule has 0 unspecified atom stereocenters. The summed E-state index contributed by atoms with van der Waals surface area (Å²) in [6, 6.07) is 15.9. The summed E-state index contributed by atoms with van der Waals surface area (Å²) in [7, 11) is 0. The van der Waals surface area contributed by atoms with E-state index in [1.165, 1.54) is 5.56 Å². The zero-order chi connectivity index (χ0) is 21.2. The van der Waals surface area contributed by atoms with Crippen molar-refractivity contribution in [3.63, 3.8) is 0 Å². The first-order chi connectivity index (χ1) is 13.9. The van der Waals surface area contributed by atoms with E-state index in [0.29, 0.717) is 25.3 Å². The average molecular weight is 413 g/mol. The third-order valence-corrected chi connectivity index (χ3v) is 5.77. The Hall–Kier alpha value is -2.27. The topological polar surface area (TPSA) is 49.4 Å². The van der Waals surface area contributed by atoms with Gasteiger partial charge in [-0.2, -0.15) is 0 Å². The number of aryl methyl sites for hydroxylation is 2. The number of carbonyl (C=O) groups is 2. The molecule has 0 aliphatic carbocycles.